The highest BCUT2D eigenvalue weighted by molar-refractivity contribution is 6.31. The van der Waals surface area contributed by atoms with E-state index in [1.165, 1.54) is 12.1 Å². The minimum atomic E-state index is -4.50. The van der Waals surface area contributed by atoms with Gasteiger partial charge in [0.25, 0.3) is 0 Å². The lowest BCUT2D eigenvalue weighted by Crippen LogP contribution is -2.46. The first-order valence-corrected chi connectivity index (χ1v) is 10.4. The van der Waals surface area contributed by atoms with Gasteiger partial charge in [0, 0.05) is 13.1 Å². The summed E-state index contributed by atoms with van der Waals surface area (Å²) < 4.78 is 49.4. The van der Waals surface area contributed by atoms with E-state index in [1.54, 1.807) is 24.3 Å². The summed E-state index contributed by atoms with van der Waals surface area (Å²) in [5.41, 5.74) is -0.346. The fraction of sp³-hybridized carbons (Fsp3) is 0.455. The molecule has 1 atom stereocenters. The molecule has 2 heterocycles. The van der Waals surface area contributed by atoms with Crippen LogP contribution in [0.3, 0.4) is 0 Å². The lowest BCUT2D eigenvalue weighted by molar-refractivity contribution is -0.184. The van der Waals surface area contributed by atoms with Crippen LogP contribution >= 0.6 is 11.6 Å². The predicted octanol–water partition coefficient (Wildman–Crippen LogP) is 4.11. The van der Waals surface area contributed by atoms with Crippen LogP contribution in [0.1, 0.15) is 35.8 Å². The Balaban J connectivity index is 1.32. The Morgan fingerprint density at radius 1 is 1.10 bits per heavy atom. The second-order valence-electron chi connectivity index (χ2n) is 8.01. The molecule has 2 aliphatic rings. The van der Waals surface area contributed by atoms with E-state index in [4.69, 9.17) is 21.1 Å². The molecule has 1 unspecified atom stereocenters. The van der Waals surface area contributed by atoms with Crippen LogP contribution in [0.15, 0.2) is 42.5 Å². The number of hydrogen-bond donors (Lipinski definition) is 2. The van der Waals surface area contributed by atoms with Crippen LogP contribution in [0, 0.1) is 0 Å². The third-order valence-corrected chi connectivity index (χ3v) is 6.11. The van der Waals surface area contributed by atoms with Crippen molar-refractivity contribution in [1.29, 1.82) is 0 Å². The summed E-state index contributed by atoms with van der Waals surface area (Å²) in [5.74, 6) is 0.297. The van der Waals surface area contributed by atoms with Crippen LogP contribution in [-0.4, -0.2) is 47.5 Å². The summed E-state index contributed by atoms with van der Waals surface area (Å²) in [6, 6.07) is 10.6. The Bertz CT molecular complexity index is 910. The molecule has 9 heteroatoms. The molecule has 0 bridgehead atoms. The second kappa shape index (κ2) is 8.60. The molecular weight excluding hydrogens is 435 g/mol. The number of ether oxygens (including phenoxy) is 2. The Labute approximate surface area is 183 Å². The van der Waals surface area contributed by atoms with Crippen LogP contribution in [0.25, 0.3) is 0 Å². The van der Waals surface area contributed by atoms with E-state index in [0.29, 0.717) is 31.7 Å². The molecule has 2 fully saturated rings. The summed E-state index contributed by atoms with van der Waals surface area (Å²) in [6.45, 7) is 1.68. The fourth-order valence-electron chi connectivity index (χ4n) is 3.87. The van der Waals surface area contributed by atoms with Crippen LogP contribution < -0.4 is 4.74 Å². The Morgan fingerprint density at radius 3 is 2.26 bits per heavy atom. The smallest absolute Gasteiger partial charge is 0.417 e. The van der Waals surface area contributed by atoms with Crippen LogP contribution in [0.4, 0.5) is 13.2 Å². The van der Waals surface area contributed by atoms with Crippen LogP contribution in [-0.2, 0) is 16.5 Å². The van der Waals surface area contributed by atoms with Crippen molar-refractivity contribution in [3.8, 4) is 5.75 Å². The summed E-state index contributed by atoms with van der Waals surface area (Å²) in [4.78, 5) is 1.91. The summed E-state index contributed by atoms with van der Waals surface area (Å²) in [6.07, 6.45) is -4.23. The first kappa shape index (κ1) is 22.4. The molecule has 2 N–H and O–H groups in total. The molecule has 0 aromatic heterocycles. The van der Waals surface area contributed by atoms with E-state index in [1.807, 2.05) is 4.90 Å². The van der Waals surface area contributed by atoms with Crippen molar-refractivity contribution in [1.82, 2.24) is 4.90 Å². The first-order chi connectivity index (χ1) is 14.7. The lowest BCUT2D eigenvalue weighted by Gasteiger charge is -2.37. The number of benzene rings is 2. The van der Waals surface area contributed by atoms with E-state index in [-0.39, 0.29) is 24.3 Å². The molecule has 168 valence electrons. The zero-order valence-electron chi connectivity index (χ0n) is 16.6. The largest absolute Gasteiger partial charge is 0.490 e. The number of rotatable bonds is 5. The molecule has 0 saturated carbocycles. The quantitative estimate of drug-likeness (QED) is 0.707. The van der Waals surface area contributed by atoms with Gasteiger partial charge in [-0.3, -0.25) is 4.90 Å². The van der Waals surface area contributed by atoms with Gasteiger partial charge in [0.2, 0.25) is 0 Å². The monoisotopic (exact) mass is 457 g/mol. The van der Waals surface area contributed by atoms with E-state index in [9.17, 15) is 23.4 Å². The zero-order valence-corrected chi connectivity index (χ0v) is 17.4. The Morgan fingerprint density at radius 2 is 1.74 bits per heavy atom. The molecule has 4 rings (SSSR count). The van der Waals surface area contributed by atoms with E-state index in [2.05, 4.69) is 0 Å². The maximum atomic E-state index is 12.8. The molecule has 5 nitrogen and oxygen atoms in total. The number of piperidine rings is 1. The maximum Gasteiger partial charge on any atom is 0.417 e. The molecule has 2 aliphatic heterocycles. The van der Waals surface area contributed by atoms with Gasteiger partial charge in [-0.1, -0.05) is 35.9 Å². The first-order valence-electron chi connectivity index (χ1n) is 10.0. The molecule has 2 saturated heterocycles. The summed E-state index contributed by atoms with van der Waals surface area (Å²) in [7, 11) is 0. The highest BCUT2D eigenvalue weighted by atomic mass is 35.5. The van der Waals surface area contributed by atoms with Gasteiger partial charge in [0.1, 0.15) is 23.7 Å². The average Bonchev–Trinajstić information content (AvgIpc) is 2.71. The van der Waals surface area contributed by atoms with Crippen molar-refractivity contribution in [3.05, 3.63) is 64.2 Å². The number of hydrogen-bond acceptors (Lipinski definition) is 5. The van der Waals surface area contributed by atoms with Gasteiger partial charge in [-0.05, 0) is 42.2 Å². The highest BCUT2D eigenvalue weighted by Crippen LogP contribution is 2.37. The average molecular weight is 458 g/mol. The number of halogens is 4. The highest BCUT2D eigenvalue weighted by Gasteiger charge is 2.38. The molecule has 0 aliphatic carbocycles. The van der Waals surface area contributed by atoms with E-state index < -0.39 is 23.6 Å². The van der Waals surface area contributed by atoms with Crippen LogP contribution in [0.5, 0.6) is 5.75 Å². The van der Waals surface area contributed by atoms with Crippen molar-refractivity contribution >= 4 is 11.6 Å². The molecule has 2 aromatic rings. The Hall–Kier alpha value is -1.84. The number of aliphatic hydroxyl groups is 2. The van der Waals surface area contributed by atoms with Gasteiger partial charge >= 0.3 is 6.18 Å². The standard InChI is InChI=1S/C22H23ClF3NO4/c23-19-11-17(5-6-18(19)22(24,25)26)31-16-7-9-27(10-8-16)20(28)14-1-3-15(4-2-14)21(29)12-30-13-21/h1-6,11,16,20,28-29H,7-10,12-13H2. The molecule has 0 radical (unpaired) electrons. The fourth-order valence-corrected chi connectivity index (χ4v) is 4.15. The Kier molecular flexibility index (Phi) is 6.20. The minimum absolute atomic E-state index is 0.175. The van der Waals surface area contributed by atoms with Gasteiger partial charge in [0.15, 0.2) is 0 Å². The van der Waals surface area contributed by atoms with Crippen molar-refractivity contribution in [2.24, 2.45) is 0 Å². The number of alkyl halides is 3. The molecule has 0 amide bonds. The number of aliphatic hydroxyl groups excluding tert-OH is 1. The zero-order chi connectivity index (χ0) is 22.2. The lowest BCUT2D eigenvalue weighted by atomic mass is 9.91. The van der Waals surface area contributed by atoms with Crippen molar-refractivity contribution < 1.29 is 32.9 Å². The van der Waals surface area contributed by atoms with Crippen molar-refractivity contribution in [3.63, 3.8) is 0 Å². The SMILES string of the molecule is OC(c1ccc(C2(O)COC2)cc1)N1CCC(Oc2ccc(C(F)(F)F)c(Cl)c2)CC1. The van der Waals surface area contributed by atoms with E-state index >= 15 is 0 Å². The summed E-state index contributed by atoms with van der Waals surface area (Å²) in [5, 5.41) is 20.6. The second-order valence-corrected chi connectivity index (χ2v) is 8.42. The third kappa shape index (κ3) is 4.83. The topological polar surface area (TPSA) is 62.2 Å². The predicted molar refractivity (Wildman–Crippen MR) is 108 cm³/mol. The van der Waals surface area contributed by atoms with Gasteiger partial charge in [0.05, 0.1) is 23.8 Å². The van der Waals surface area contributed by atoms with Crippen molar-refractivity contribution in [2.45, 2.75) is 37.0 Å². The van der Waals surface area contributed by atoms with Gasteiger partial charge in [-0.15, -0.1) is 0 Å². The molecule has 31 heavy (non-hydrogen) atoms. The third-order valence-electron chi connectivity index (χ3n) is 5.80. The maximum absolute atomic E-state index is 12.8. The molecule has 0 spiro atoms. The number of nitrogens with zero attached hydrogens (tertiary/aromatic N) is 1. The van der Waals surface area contributed by atoms with Gasteiger partial charge in [-0.25, -0.2) is 0 Å². The van der Waals surface area contributed by atoms with Gasteiger partial charge < -0.3 is 19.7 Å². The van der Waals surface area contributed by atoms with Crippen molar-refractivity contribution in [2.75, 3.05) is 26.3 Å². The molecule has 2 aromatic carbocycles. The number of likely N-dealkylation sites (tertiary alicyclic amines) is 1. The summed E-state index contributed by atoms with van der Waals surface area (Å²) >= 11 is 5.75. The molecular formula is C22H23ClF3NO4. The minimum Gasteiger partial charge on any atom is -0.490 e. The van der Waals surface area contributed by atoms with Gasteiger partial charge in [-0.2, -0.15) is 13.2 Å². The normalized spacial score (nSPS) is 20.8. The van der Waals surface area contributed by atoms with E-state index in [0.717, 1.165) is 17.2 Å². The van der Waals surface area contributed by atoms with Crippen LogP contribution in [0.2, 0.25) is 5.02 Å².